The number of nitrogens with zero attached hydrogens (tertiary/aromatic N) is 3. The molecule has 14 heavy (non-hydrogen) atoms. The molecule has 0 bridgehead atoms. The third-order valence-electron chi connectivity index (χ3n) is 2.09. The highest BCUT2D eigenvalue weighted by Gasteiger charge is 2.04. The van der Waals surface area contributed by atoms with E-state index in [2.05, 4.69) is 16.9 Å². The Morgan fingerprint density at radius 3 is 2.57 bits per heavy atom. The molecule has 0 saturated heterocycles. The van der Waals surface area contributed by atoms with Gasteiger partial charge in [0.05, 0.1) is 12.6 Å². The van der Waals surface area contributed by atoms with Gasteiger partial charge in [-0.25, -0.2) is 0 Å². The minimum Gasteiger partial charge on any atom is -0.388 e. The van der Waals surface area contributed by atoms with Gasteiger partial charge in [0.2, 0.25) is 0 Å². The number of hydrogen-bond acceptors (Lipinski definition) is 2. The van der Waals surface area contributed by atoms with Crippen LogP contribution in [0.1, 0.15) is 24.2 Å². The van der Waals surface area contributed by atoms with Crippen LogP contribution in [0.4, 0.5) is 0 Å². The Bertz CT molecular complexity index is 328. The molecule has 0 aliphatic rings. The fourth-order valence-corrected chi connectivity index (χ4v) is 1.19. The van der Waals surface area contributed by atoms with Crippen LogP contribution in [-0.2, 0) is 6.42 Å². The van der Waals surface area contributed by atoms with Gasteiger partial charge in [0.25, 0.3) is 0 Å². The average Bonchev–Trinajstić information content (AvgIpc) is 2.26. The summed E-state index contributed by atoms with van der Waals surface area (Å²) < 4.78 is 0. The van der Waals surface area contributed by atoms with E-state index in [1.165, 1.54) is 5.56 Å². The second kappa shape index (κ2) is 5.27. The van der Waals surface area contributed by atoms with Gasteiger partial charge in [-0.05, 0) is 23.1 Å². The lowest BCUT2D eigenvalue weighted by atomic mass is 10.1. The van der Waals surface area contributed by atoms with E-state index in [0.29, 0.717) is 0 Å². The molecular formula is C10H13N3O. The number of aliphatic hydroxyl groups is 1. The lowest BCUT2D eigenvalue weighted by Crippen LogP contribution is -2.00. The van der Waals surface area contributed by atoms with Gasteiger partial charge in [-0.2, -0.15) is 0 Å². The molecule has 0 heterocycles. The SMILES string of the molecule is CCc1ccc(C(O)CN=[N+]=[N-])cc1. The van der Waals surface area contributed by atoms with Crippen LogP contribution >= 0.6 is 0 Å². The summed E-state index contributed by atoms with van der Waals surface area (Å²) >= 11 is 0. The molecule has 1 atom stereocenters. The predicted molar refractivity (Wildman–Crippen MR) is 54.8 cm³/mol. The Hall–Kier alpha value is -1.51. The Balaban J connectivity index is 2.70. The van der Waals surface area contributed by atoms with Gasteiger partial charge in [0.1, 0.15) is 0 Å². The van der Waals surface area contributed by atoms with E-state index in [1.807, 2.05) is 24.3 Å². The highest BCUT2D eigenvalue weighted by molar-refractivity contribution is 5.24. The first-order valence-corrected chi connectivity index (χ1v) is 4.55. The van der Waals surface area contributed by atoms with Crippen molar-refractivity contribution in [3.8, 4) is 0 Å². The molecule has 1 aromatic rings. The zero-order chi connectivity index (χ0) is 10.4. The zero-order valence-corrected chi connectivity index (χ0v) is 8.09. The molecule has 0 aliphatic heterocycles. The first-order chi connectivity index (χ1) is 6.77. The third-order valence-corrected chi connectivity index (χ3v) is 2.09. The average molecular weight is 191 g/mol. The molecule has 0 aromatic heterocycles. The van der Waals surface area contributed by atoms with Crippen LogP contribution < -0.4 is 0 Å². The minimum atomic E-state index is -0.697. The van der Waals surface area contributed by atoms with Gasteiger partial charge in [0, 0.05) is 4.91 Å². The molecule has 1 unspecified atom stereocenters. The lowest BCUT2D eigenvalue weighted by molar-refractivity contribution is 0.187. The van der Waals surface area contributed by atoms with Crippen molar-refractivity contribution in [3.05, 3.63) is 45.8 Å². The Morgan fingerprint density at radius 2 is 2.07 bits per heavy atom. The van der Waals surface area contributed by atoms with E-state index in [-0.39, 0.29) is 6.54 Å². The summed E-state index contributed by atoms with van der Waals surface area (Å²) in [6, 6.07) is 7.65. The van der Waals surface area contributed by atoms with Gasteiger partial charge in [-0.3, -0.25) is 0 Å². The fourth-order valence-electron chi connectivity index (χ4n) is 1.19. The molecule has 1 aromatic carbocycles. The van der Waals surface area contributed by atoms with Crippen LogP contribution in [0.3, 0.4) is 0 Å². The molecule has 4 nitrogen and oxygen atoms in total. The number of azide groups is 1. The number of aliphatic hydroxyl groups excluding tert-OH is 1. The van der Waals surface area contributed by atoms with E-state index in [0.717, 1.165) is 12.0 Å². The van der Waals surface area contributed by atoms with Crippen molar-refractivity contribution in [2.45, 2.75) is 19.4 Å². The molecule has 4 heteroatoms. The summed E-state index contributed by atoms with van der Waals surface area (Å²) in [6.07, 6.45) is 0.281. The lowest BCUT2D eigenvalue weighted by Gasteiger charge is -2.07. The molecule has 0 amide bonds. The van der Waals surface area contributed by atoms with Crippen LogP contribution in [0, 0.1) is 0 Å². The maximum Gasteiger partial charge on any atom is 0.0846 e. The smallest absolute Gasteiger partial charge is 0.0846 e. The summed E-state index contributed by atoms with van der Waals surface area (Å²) in [4.78, 5) is 2.60. The van der Waals surface area contributed by atoms with Crippen molar-refractivity contribution in [3.63, 3.8) is 0 Å². The first-order valence-electron chi connectivity index (χ1n) is 4.55. The van der Waals surface area contributed by atoms with Gasteiger partial charge in [0.15, 0.2) is 0 Å². The maximum atomic E-state index is 9.55. The monoisotopic (exact) mass is 191 g/mol. The fraction of sp³-hybridized carbons (Fsp3) is 0.400. The predicted octanol–water partition coefficient (Wildman–Crippen LogP) is 2.59. The standard InChI is InChI=1S/C10H13N3O/c1-2-8-3-5-9(6-4-8)10(14)7-12-13-11/h3-6,10,14H,2,7H2,1H3. The van der Waals surface area contributed by atoms with Crippen molar-refractivity contribution >= 4 is 0 Å². The highest BCUT2D eigenvalue weighted by Crippen LogP contribution is 2.14. The van der Waals surface area contributed by atoms with E-state index < -0.39 is 6.10 Å². The quantitative estimate of drug-likeness (QED) is 0.443. The number of rotatable bonds is 4. The molecule has 0 fully saturated rings. The molecule has 0 saturated carbocycles. The van der Waals surface area contributed by atoms with Crippen molar-refractivity contribution < 1.29 is 5.11 Å². The topological polar surface area (TPSA) is 69.0 Å². The van der Waals surface area contributed by atoms with Crippen LogP contribution in [0.2, 0.25) is 0 Å². The van der Waals surface area contributed by atoms with Gasteiger partial charge < -0.3 is 5.11 Å². The van der Waals surface area contributed by atoms with Gasteiger partial charge >= 0.3 is 0 Å². The van der Waals surface area contributed by atoms with E-state index in [4.69, 9.17) is 5.53 Å². The van der Waals surface area contributed by atoms with Crippen molar-refractivity contribution in [1.29, 1.82) is 0 Å². The minimum absolute atomic E-state index is 0.0853. The Morgan fingerprint density at radius 1 is 1.43 bits per heavy atom. The third kappa shape index (κ3) is 2.76. The summed E-state index contributed by atoms with van der Waals surface area (Å²) in [5, 5.41) is 12.9. The van der Waals surface area contributed by atoms with Gasteiger partial charge in [-0.1, -0.05) is 36.3 Å². The highest BCUT2D eigenvalue weighted by atomic mass is 16.3. The number of aryl methyl sites for hydroxylation is 1. The Kier molecular flexibility index (Phi) is 3.98. The summed E-state index contributed by atoms with van der Waals surface area (Å²) in [7, 11) is 0. The van der Waals surface area contributed by atoms with Crippen LogP contribution in [0.5, 0.6) is 0 Å². The number of benzene rings is 1. The van der Waals surface area contributed by atoms with Crippen molar-refractivity contribution in [1.82, 2.24) is 0 Å². The van der Waals surface area contributed by atoms with E-state index >= 15 is 0 Å². The van der Waals surface area contributed by atoms with Crippen molar-refractivity contribution in [2.75, 3.05) is 6.54 Å². The van der Waals surface area contributed by atoms with E-state index in [9.17, 15) is 5.11 Å². The van der Waals surface area contributed by atoms with Gasteiger partial charge in [-0.15, -0.1) is 0 Å². The summed E-state index contributed by atoms with van der Waals surface area (Å²) in [6.45, 7) is 2.16. The molecule has 0 aliphatic carbocycles. The molecule has 0 radical (unpaired) electrons. The van der Waals surface area contributed by atoms with Crippen molar-refractivity contribution in [2.24, 2.45) is 5.11 Å². The first kappa shape index (κ1) is 10.6. The largest absolute Gasteiger partial charge is 0.388 e. The van der Waals surface area contributed by atoms with Crippen LogP contribution in [0.15, 0.2) is 29.4 Å². The molecule has 1 N–H and O–H groups in total. The molecular weight excluding hydrogens is 178 g/mol. The van der Waals surface area contributed by atoms with E-state index in [1.54, 1.807) is 0 Å². The maximum absolute atomic E-state index is 9.55. The zero-order valence-electron chi connectivity index (χ0n) is 8.09. The number of hydrogen-bond donors (Lipinski definition) is 1. The normalized spacial score (nSPS) is 11.9. The molecule has 74 valence electrons. The van der Waals surface area contributed by atoms with Crippen LogP contribution in [0.25, 0.3) is 10.4 Å². The molecule has 1 rings (SSSR count). The Labute approximate surface area is 82.8 Å². The second-order valence-corrected chi connectivity index (χ2v) is 3.02. The molecule has 0 spiro atoms. The second-order valence-electron chi connectivity index (χ2n) is 3.02. The summed E-state index contributed by atoms with van der Waals surface area (Å²) in [5.41, 5.74) is 10.1. The van der Waals surface area contributed by atoms with Crippen LogP contribution in [-0.4, -0.2) is 11.7 Å². The summed E-state index contributed by atoms with van der Waals surface area (Å²) in [5.74, 6) is 0.